The molecule has 0 aliphatic heterocycles. The molecule has 0 aliphatic rings. The minimum absolute atomic E-state index is 0.130. The van der Waals surface area contributed by atoms with Crippen LogP contribution in [0.15, 0.2) is 42.7 Å². The van der Waals surface area contributed by atoms with Crippen LogP contribution in [0, 0.1) is 12.7 Å². The number of hydrogen-bond acceptors (Lipinski definition) is 2. The molecule has 0 amide bonds. The Hall–Kier alpha value is -1.74. The number of rotatable bonds is 6. The van der Waals surface area contributed by atoms with Gasteiger partial charge in [0.25, 0.3) is 0 Å². The lowest BCUT2D eigenvalue weighted by atomic mass is 9.98. The van der Waals surface area contributed by atoms with Crippen molar-refractivity contribution < 1.29 is 4.39 Å². The van der Waals surface area contributed by atoms with Crippen molar-refractivity contribution in [3.8, 4) is 0 Å². The first-order chi connectivity index (χ1) is 9.70. The summed E-state index contributed by atoms with van der Waals surface area (Å²) in [6.07, 6.45) is 5.52. The van der Waals surface area contributed by atoms with Crippen molar-refractivity contribution in [2.45, 2.75) is 32.7 Å². The molecule has 0 fully saturated rings. The Balaban J connectivity index is 2.08. The van der Waals surface area contributed by atoms with E-state index in [0.29, 0.717) is 5.56 Å². The molecule has 20 heavy (non-hydrogen) atoms. The summed E-state index contributed by atoms with van der Waals surface area (Å²) in [6.45, 7) is 4.73. The van der Waals surface area contributed by atoms with E-state index in [-0.39, 0.29) is 11.9 Å². The van der Waals surface area contributed by atoms with Crippen LogP contribution in [0.2, 0.25) is 0 Å². The fourth-order valence-electron chi connectivity index (χ4n) is 2.32. The molecule has 0 saturated carbocycles. The summed E-state index contributed by atoms with van der Waals surface area (Å²) in [5, 5.41) is 3.43. The molecule has 0 aliphatic carbocycles. The van der Waals surface area contributed by atoms with Crippen LogP contribution in [0.1, 0.15) is 36.1 Å². The average Bonchev–Trinajstić information content (AvgIpc) is 2.47. The largest absolute Gasteiger partial charge is 0.310 e. The maximum atomic E-state index is 13.7. The molecule has 1 unspecified atom stereocenters. The van der Waals surface area contributed by atoms with E-state index in [1.165, 1.54) is 5.56 Å². The number of halogens is 1. The highest BCUT2D eigenvalue weighted by Gasteiger charge is 2.12. The fraction of sp³-hybridized carbons (Fsp3) is 0.353. The maximum absolute atomic E-state index is 13.7. The van der Waals surface area contributed by atoms with Crippen molar-refractivity contribution in [2.75, 3.05) is 6.54 Å². The summed E-state index contributed by atoms with van der Waals surface area (Å²) < 4.78 is 13.7. The zero-order valence-corrected chi connectivity index (χ0v) is 12.1. The van der Waals surface area contributed by atoms with Gasteiger partial charge >= 0.3 is 0 Å². The van der Waals surface area contributed by atoms with Gasteiger partial charge in [-0.25, -0.2) is 4.39 Å². The van der Waals surface area contributed by atoms with E-state index in [9.17, 15) is 4.39 Å². The third kappa shape index (κ3) is 3.87. The van der Waals surface area contributed by atoms with Crippen LogP contribution < -0.4 is 5.32 Å². The van der Waals surface area contributed by atoms with E-state index < -0.39 is 0 Å². The fourth-order valence-corrected chi connectivity index (χ4v) is 2.32. The molecule has 0 radical (unpaired) electrons. The molecule has 1 atom stereocenters. The minimum atomic E-state index is -0.130. The third-order valence-corrected chi connectivity index (χ3v) is 3.52. The monoisotopic (exact) mass is 272 g/mol. The SMILES string of the molecule is CCNC(CCc1ccncc1)c1ccc(C)c(F)c1. The minimum Gasteiger partial charge on any atom is -0.310 e. The van der Waals surface area contributed by atoms with Gasteiger partial charge in [-0.05, 0) is 61.2 Å². The molecule has 1 heterocycles. The van der Waals surface area contributed by atoms with Crippen molar-refractivity contribution >= 4 is 0 Å². The quantitative estimate of drug-likeness (QED) is 0.865. The molecule has 1 aromatic carbocycles. The number of pyridine rings is 1. The van der Waals surface area contributed by atoms with Gasteiger partial charge in [-0.1, -0.05) is 19.1 Å². The van der Waals surface area contributed by atoms with Gasteiger partial charge in [0.2, 0.25) is 0 Å². The molecule has 0 saturated heterocycles. The molecular weight excluding hydrogens is 251 g/mol. The van der Waals surface area contributed by atoms with Crippen LogP contribution in [0.3, 0.4) is 0 Å². The van der Waals surface area contributed by atoms with Crippen molar-refractivity contribution in [2.24, 2.45) is 0 Å². The van der Waals surface area contributed by atoms with Crippen LogP contribution in [0.5, 0.6) is 0 Å². The normalized spacial score (nSPS) is 12.3. The number of hydrogen-bond donors (Lipinski definition) is 1. The second-order valence-electron chi connectivity index (χ2n) is 5.01. The van der Waals surface area contributed by atoms with E-state index >= 15 is 0 Å². The Morgan fingerprint density at radius 1 is 1.20 bits per heavy atom. The van der Waals surface area contributed by atoms with Crippen molar-refractivity contribution in [1.29, 1.82) is 0 Å². The number of benzene rings is 1. The Labute approximate surface area is 120 Å². The number of nitrogens with zero attached hydrogens (tertiary/aromatic N) is 1. The zero-order chi connectivity index (χ0) is 14.4. The highest BCUT2D eigenvalue weighted by molar-refractivity contribution is 5.26. The Morgan fingerprint density at radius 3 is 2.60 bits per heavy atom. The Morgan fingerprint density at radius 2 is 1.95 bits per heavy atom. The average molecular weight is 272 g/mol. The molecule has 2 aromatic rings. The lowest BCUT2D eigenvalue weighted by molar-refractivity contribution is 0.510. The molecule has 1 aromatic heterocycles. The van der Waals surface area contributed by atoms with E-state index in [2.05, 4.69) is 17.2 Å². The van der Waals surface area contributed by atoms with Gasteiger partial charge in [0.05, 0.1) is 0 Å². The second-order valence-corrected chi connectivity index (χ2v) is 5.01. The first-order valence-electron chi connectivity index (χ1n) is 7.09. The highest BCUT2D eigenvalue weighted by atomic mass is 19.1. The smallest absolute Gasteiger partial charge is 0.126 e. The van der Waals surface area contributed by atoms with Crippen LogP contribution >= 0.6 is 0 Å². The van der Waals surface area contributed by atoms with Crippen LogP contribution in [-0.2, 0) is 6.42 Å². The number of nitrogens with one attached hydrogen (secondary N) is 1. The summed E-state index contributed by atoms with van der Waals surface area (Å²) in [6, 6.07) is 9.75. The van der Waals surface area contributed by atoms with E-state index in [0.717, 1.165) is 24.9 Å². The topological polar surface area (TPSA) is 24.9 Å². The molecule has 0 bridgehead atoms. The predicted molar refractivity (Wildman–Crippen MR) is 80.1 cm³/mol. The first-order valence-corrected chi connectivity index (χ1v) is 7.09. The molecule has 106 valence electrons. The molecule has 2 nitrogen and oxygen atoms in total. The summed E-state index contributed by atoms with van der Waals surface area (Å²) in [5.41, 5.74) is 2.97. The second kappa shape index (κ2) is 7.15. The molecule has 1 N–H and O–H groups in total. The van der Waals surface area contributed by atoms with Crippen LogP contribution in [-0.4, -0.2) is 11.5 Å². The lowest BCUT2D eigenvalue weighted by Gasteiger charge is -2.19. The summed E-state index contributed by atoms with van der Waals surface area (Å²) in [5.74, 6) is -0.130. The van der Waals surface area contributed by atoms with Crippen molar-refractivity contribution in [1.82, 2.24) is 10.3 Å². The molecule has 0 spiro atoms. The molecule has 2 rings (SSSR count). The third-order valence-electron chi connectivity index (χ3n) is 3.52. The molecular formula is C17H21FN2. The Bertz CT molecular complexity index is 540. The number of aromatic nitrogens is 1. The standard InChI is InChI=1S/C17H21FN2/c1-3-20-17(7-5-14-8-10-19-11-9-14)15-6-4-13(2)16(18)12-15/h4,6,8-12,17,20H,3,5,7H2,1-2H3. The van der Waals surface area contributed by atoms with Gasteiger partial charge in [-0.15, -0.1) is 0 Å². The van der Waals surface area contributed by atoms with Crippen LogP contribution in [0.25, 0.3) is 0 Å². The summed E-state index contributed by atoms with van der Waals surface area (Å²) >= 11 is 0. The first kappa shape index (κ1) is 14.7. The van der Waals surface area contributed by atoms with Gasteiger partial charge in [-0.3, -0.25) is 4.98 Å². The molecule has 3 heteroatoms. The summed E-state index contributed by atoms with van der Waals surface area (Å²) in [4.78, 5) is 4.02. The van der Waals surface area contributed by atoms with Gasteiger partial charge in [0.1, 0.15) is 5.82 Å². The van der Waals surface area contributed by atoms with Gasteiger partial charge in [0.15, 0.2) is 0 Å². The van der Waals surface area contributed by atoms with Crippen LogP contribution in [0.4, 0.5) is 4.39 Å². The van der Waals surface area contributed by atoms with Crippen molar-refractivity contribution in [3.05, 3.63) is 65.2 Å². The van der Waals surface area contributed by atoms with Gasteiger partial charge in [0, 0.05) is 18.4 Å². The number of aryl methyl sites for hydroxylation is 2. The van der Waals surface area contributed by atoms with Gasteiger partial charge in [-0.2, -0.15) is 0 Å². The predicted octanol–water partition coefficient (Wildman–Crippen LogP) is 3.81. The van der Waals surface area contributed by atoms with E-state index in [1.54, 1.807) is 13.0 Å². The van der Waals surface area contributed by atoms with E-state index in [4.69, 9.17) is 0 Å². The van der Waals surface area contributed by atoms with Gasteiger partial charge < -0.3 is 5.32 Å². The maximum Gasteiger partial charge on any atom is 0.126 e. The van der Waals surface area contributed by atoms with E-state index in [1.807, 2.05) is 36.7 Å². The zero-order valence-electron chi connectivity index (χ0n) is 12.1. The highest BCUT2D eigenvalue weighted by Crippen LogP contribution is 2.21. The Kier molecular flexibility index (Phi) is 5.24. The lowest BCUT2D eigenvalue weighted by Crippen LogP contribution is -2.21. The van der Waals surface area contributed by atoms with Crippen molar-refractivity contribution in [3.63, 3.8) is 0 Å². The summed E-state index contributed by atoms with van der Waals surface area (Å²) in [7, 11) is 0.